The van der Waals surface area contributed by atoms with Crippen LogP contribution in [0.5, 0.6) is 0 Å². The normalized spacial score (nSPS) is 13.8. The van der Waals surface area contributed by atoms with Gasteiger partial charge in [0.05, 0.1) is 4.88 Å². The van der Waals surface area contributed by atoms with Gasteiger partial charge in [0, 0.05) is 30.0 Å². The average molecular weight is 610 g/mol. The fraction of sp³-hybridized carbons (Fsp3) is 0.0909. The van der Waals surface area contributed by atoms with Gasteiger partial charge in [0.1, 0.15) is 0 Å². The van der Waals surface area contributed by atoms with Crippen molar-refractivity contribution in [3.8, 4) is 32.7 Å². The van der Waals surface area contributed by atoms with Gasteiger partial charge in [-0.2, -0.15) is 0 Å². The van der Waals surface area contributed by atoms with Crippen molar-refractivity contribution in [1.29, 1.82) is 0 Å². The van der Waals surface area contributed by atoms with Gasteiger partial charge < -0.3 is 0 Å². The average Bonchev–Trinajstić information content (AvgIpc) is 3.35. The molecule has 0 amide bonds. The highest BCUT2D eigenvalue weighted by molar-refractivity contribution is 9.11. The van der Waals surface area contributed by atoms with Gasteiger partial charge in [-0.25, -0.2) is 0 Å². The molecule has 0 atom stereocenters. The first-order chi connectivity index (χ1) is 17.4. The predicted molar refractivity (Wildman–Crippen MR) is 163 cm³/mol. The number of hydrogen-bond donors (Lipinski definition) is 0. The standard InChI is InChI=1S/C33H22Br2S/c1-33(2)27-10-6-5-8-22(27)25-17-19(11-14-28(25)33)20-12-16-30-26(18-20)31(35)32(36-30)24-13-15-29(34)23-9-4-3-7-21(23)24/h3-18H,1-2H3. The number of benzene rings is 5. The van der Waals surface area contributed by atoms with Crippen LogP contribution in [0, 0.1) is 0 Å². The molecule has 6 aromatic rings. The summed E-state index contributed by atoms with van der Waals surface area (Å²) in [4.78, 5) is 1.27. The molecular weight excluding hydrogens is 588 g/mol. The van der Waals surface area contributed by atoms with Crippen LogP contribution in [0.15, 0.2) is 106 Å². The topological polar surface area (TPSA) is 0 Å². The van der Waals surface area contributed by atoms with Crippen molar-refractivity contribution in [3.63, 3.8) is 0 Å². The molecule has 5 aromatic carbocycles. The molecule has 0 spiro atoms. The lowest BCUT2D eigenvalue weighted by atomic mass is 9.82. The molecule has 7 rings (SSSR count). The molecule has 1 aliphatic carbocycles. The van der Waals surface area contributed by atoms with Crippen molar-refractivity contribution in [2.24, 2.45) is 0 Å². The van der Waals surface area contributed by atoms with Gasteiger partial charge in [-0.05, 0) is 84.3 Å². The van der Waals surface area contributed by atoms with E-state index in [1.165, 1.54) is 69.2 Å². The Morgan fingerprint density at radius 3 is 2.14 bits per heavy atom. The number of rotatable bonds is 2. The van der Waals surface area contributed by atoms with E-state index in [-0.39, 0.29) is 5.41 Å². The number of halogens is 2. The van der Waals surface area contributed by atoms with Crippen molar-refractivity contribution in [2.45, 2.75) is 19.3 Å². The van der Waals surface area contributed by atoms with Gasteiger partial charge in [0.25, 0.3) is 0 Å². The minimum absolute atomic E-state index is 0.0349. The second kappa shape index (κ2) is 8.14. The van der Waals surface area contributed by atoms with Crippen molar-refractivity contribution >= 4 is 64.1 Å². The Morgan fingerprint density at radius 2 is 1.28 bits per heavy atom. The summed E-state index contributed by atoms with van der Waals surface area (Å²) in [6, 6.07) is 35.7. The lowest BCUT2D eigenvalue weighted by Gasteiger charge is -2.21. The Kier molecular flexibility index (Phi) is 5.08. The van der Waals surface area contributed by atoms with Crippen molar-refractivity contribution in [2.75, 3.05) is 0 Å². The van der Waals surface area contributed by atoms with E-state index in [1.807, 2.05) is 11.3 Å². The van der Waals surface area contributed by atoms with Crippen LogP contribution in [0.25, 0.3) is 53.6 Å². The number of hydrogen-bond acceptors (Lipinski definition) is 1. The zero-order valence-electron chi connectivity index (χ0n) is 19.9. The number of fused-ring (bicyclic) bond motifs is 5. The minimum atomic E-state index is 0.0349. The van der Waals surface area contributed by atoms with Crippen LogP contribution in [0.1, 0.15) is 25.0 Å². The van der Waals surface area contributed by atoms with Crippen LogP contribution in [-0.2, 0) is 5.41 Å². The van der Waals surface area contributed by atoms with Crippen LogP contribution >= 0.6 is 43.2 Å². The molecule has 0 bridgehead atoms. The zero-order valence-corrected chi connectivity index (χ0v) is 23.9. The monoisotopic (exact) mass is 608 g/mol. The molecule has 1 aliphatic rings. The lowest BCUT2D eigenvalue weighted by molar-refractivity contribution is 0.660. The maximum absolute atomic E-state index is 3.98. The summed E-state index contributed by atoms with van der Waals surface area (Å²) in [6.45, 7) is 4.67. The maximum atomic E-state index is 3.98. The second-order valence-electron chi connectivity index (χ2n) is 10.0. The molecular formula is C33H22Br2S. The first kappa shape index (κ1) is 22.5. The maximum Gasteiger partial charge on any atom is 0.0503 e. The van der Waals surface area contributed by atoms with Crippen LogP contribution in [0.4, 0.5) is 0 Å². The minimum Gasteiger partial charge on any atom is -0.134 e. The number of thiophene rings is 1. The Morgan fingerprint density at radius 1 is 0.583 bits per heavy atom. The third-order valence-corrected chi connectivity index (χ3v) is 10.6. The Bertz CT molecular complexity index is 1840. The van der Waals surface area contributed by atoms with Crippen molar-refractivity contribution in [3.05, 3.63) is 117 Å². The molecule has 0 saturated heterocycles. The fourth-order valence-corrected chi connectivity index (χ4v) is 8.29. The van der Waals surface area contributed by atoms with Gasteiger partial charge >= 0.3 is 0 Å². The fourth-order valence-electron chi connectivity index (χ4n) is 5.78. The van der Waals surface area contributed by atoms with E-state index in [2.05, 4.69) is 143 Å². The highest BCUT2D eigenvalue weighted by Gasteiger charge is 2.35. The molecule has 1 heterocycles. The lowest BCUT2D eigenvalue weighted by Crippen LogP contribution is -2.14. The first-order valence-electron chi connectivity index (χ1n) is 12.1. The summed E-state index contributed by atoms with van der Waals surface area (Å²) in [5.74, 6) is 0. The van der Waals surface area contributed by atoms with Crippen molar-refractivity contribution in [1.82, 2.24) is 0 Å². The van der Waals surface area contributed by atoms with Gasteiger partial charge in [-0.15, -0.1) is 11.3 Å². The van der Waals surface area contributed by atoms with Gasteiger partial charge in [-0.3, -0.25) is 0 Å². The molecule has 3 heteroatoms. The third-order valence-electron chi connectivity index (χ3n) is 7.66. The van der Waals surface area contributed by atoms with Crippen LogP contribution in [0.2, 0.25) is 0 Å². The predicted octanol–water partition coefficient (Wildman–Crippen LogP) is 11.2. The first-order valence-corrected chi connectivity index (χ1v) is 14.5. The smallest absolute Gasteiger partial charge is 0.0503 e. The summed E-state index contributed by atoms with van der Waals surface area (Å²) in [7, 11) is 0. The van der Waals surface area contributed by atoms with E-state index in [4.69, 9.17) is 0 Å². The van der Waals surface area contributed by atoms with Gasteiger partial charge in [-0.1, -0.05) is 103 Å². The van der Waals surface area contributed by atoms with Crippen molar-refractivity contribution < 1.29 is 0 Å². The van der Waals surface area contributed by atoms with E-state index < -0.39 is 0 Å². The highest BCUT2D eigenvalue weighted by Crippen LogP contribution is 2.50. The third kappa shape index (κ3) is 3.23. The quantitative estimate of drug-likeness (QED) is 0.183. The summed E-state index contributed by atoms with van der Waals surface area (Å²) < 4.78 is 3.59. The molecule has 0 radical (unpaired) electrons. The Labute approximate surface area is 231 Å². The molecule has 1 aromatic heterocycles. The molecule has 0 unspecified atom stereocenters. The summed E-state index contributed by atoms with van der Waals surface area (Å²) in [5.41, 5.74) is 9.36. The van der Waals surface area contributed by atoms with Gasteiger partial charge in [0.2, 0.25) is 0 Å². The van der Waals surface area contributed by atoms with E-state index >= 15 is 0 Å². The zero-order chi connectivity index (χ0) is 24.6. The largest absolute Gasteiger partial charge is 0.134 e. The van der Waals surface area contributed by atoms with Crippen LogP contribution < -0.4 is 0 Å². The SMILES string of the molecule is CC1(C)c2ccccc2-c2cc(-c3ccc4sc(-c5ccc(Br)c6ccccc56)c(Br)c4c3)ccc21. The Balaban J connectivity index is 1.38. The highest BCUT2D eigenvalue weighted by atomic mass is 79.9. The molecule has 36 heavy (non-hydrogen) atoms. The van der Waals surface area contributed by atoms with Crippen LogP contribution in [-0.4, -0.2) is 0 Å². The molecule has 0 aliphatic heterocycles. The molecule has 0 nitrogen and oxygen atoms in total. The molecule has 174 valence electrons. The van der Waals surface area contributed by atoms with E-state index in [9.17, 15) is 0 Å². The van der Waals surface area contributed by atoms with Gasteiger partial charge in [0.15, 0.2) is 0 Å². The summed E-state index contributed by atoms with van der Waals surface area (Å²) >= 11 is 9.56. The Hall–Kier alpha value is -2.72. The van der Waals surface area contributed by atoms with E-state index in [0.29, 0.717) is 0 Å². The summed E-state index contributed by atoms with van der Waals surface area (Å²) in [5, 5.41) is 3.77. The molecule has 0 saturated carbocycles. The summed E-state index contributed by atoms with van der Waals surface area (Å²) in [6.07, 6.45) is 0. The molecule has 0 fully saturated rings. The molecule has 0 N–H and O–H groups in total. The second-order valence-corrected chi connectivity index (χ2v) is 12.7. The van der Waals surface area contributed by atoms with E-state index in [1.54, 1.807) is 0 Å². The van der Waals surface area contributed by atoms with Crippen LogP contribution in [0.3, 0.4) is 0 Å². The van der Waals surface area contributed by atoms with E-state index in [0.717, 1.165) is 4.47 Å².